The number of anilines is 1. The van der Waals surface area contributed by atoms with E-state index in [2.05, 4.69) is 5.32 Å². The van der Waals surface area contributed by atoms with Gasteiger partial charge in [0.05, 0.1) is 11.0 Å². The molecule has 1 atom stereocenters. The molecule has 1 aliphatic heterocycles. The molecule has 3 rings (SSSR count). The Morgan fingerprint density at radius 3 is 2.73 bits per heavy atom. The Morgan fingerprint density at radius 1 is 1.45 bits per heavy atom. The third-order valence-corrected chi connectivity index (χ3v) is 4.41. The molecule has 22 heavy (non-hydrogen) atoms. The summed E-state index contributed by atoms with van der Waals surface area (Å²) in [6.45, 7) is 1.28. The fourth-order valence-corrected chi connectivity index (χ4v) is 3.54. The maximum Gasteiger partial charge on any atom is 0.302 e. The zero-order valence-electron chi connectivity index (χ0n) is 12.3. The summed E-state index contributed by atoms with van der Waals surface area (Å²) in [4.78, 5) is 22.1. The molecule has 1 aliphatic carbocycles. The molecule has 1 aromatic rings. The van der Waals surface area contributed by atoms with Crippen molar-refractivity contribution in [3.63, 3.8) is 0 Å². The molecule has 2 aliphatic rings. The summed E-state index contributed by atoms with van der Waals surface area (Å²) >= 11 is 0. The summed E-state index contributed by atoms with van der Waals surface area (Å²) < 4.78 is 6.02. The average Bonchev–Trinajstić information content (AvgIpc) is 2.86. The Morgan fingerprint density at radius 2 is 2.14 bits per heavy atom. The lowest BCUT2D eigenvalue weighted by Crippen LogP contribution is -2.38. The Labute approximate surface area is 127 Å². The highest BCUT2D eigenvalue weighted by Gasteiger charge is 2.45. The van der Waals surface area contributed by atoms with Crippen molar-refractivity contribution in [3.05, 3.63) is 27.8 Å². The molecule has 1 saturated carbocycles. The van der Waals surface area contributed by atoms with Gasteiger partial charge in [-0.2, -0.15) is 0 Å². The van der Waals surface area contributed by atoms with Gasteiger partial charge in [0.2, 0.25) is 5.91 Å². The first-order valence-corrected chi connectivity index (χ1v) is 7.38. The van der Waals surface area contributed by atoms with E-state index in [0.29, 0.717) is 12.2 Å². The highest BCUT2D eigenvalue weighted by atomic mass is 16.6. The lowest BCUT2D eigenvalue weighted by molar-refractivity contribution is -0.385. The minimum Gasteiger partial charge on any atom is -0.487 e. The van der Waals surface area contributed by atoms with Gasteiger partial charge in [-0.15, -0.1) is 0 Å². The van der Waals surface area contributed by atoms with Crippen molar-refractivity contribution in [3.8, 4) is 5.75 Å². The number of ether oxygens (including phenoxy) is 1. The van der Waals surface area contributed by atoms with Crippen LogP contribution in [0, 0.1) is 10.1 Å². The van der Waals surface area contributed by atoms with Gasteiger partial charge in [0.1, 0.15) is 22.6 Å². The molecule has 0 bridgehead atoms. The van der Waals surface area contributed by atoms with E-state index in [1.54, 1.807) is 6.07 Å². The molecule has 118 valence electrons. The molecule has 0 aromatic heterocycles. The number of nitrogens with zero attached hydrogens (tertiary/aromatic N) is 1. The predicted octanol–water partition coefficient (Wildman–Crippen LogP) is 2.68. The molecule has 1 unspecified atom stereocenters. The molecule has 1 spiro atoms. The van der Waals surface area contributed by atoms with E-state index in [0.717, 1.165) is 25.7 Å². The SMILES string of the molecule is CC(=O)Nc1ccc2c(c1[N+](=O)[O-])C(O)CC1(CCCC1)O2. The minimum absolute atomic E-state index is 0.0845. The van der Waals surface area contributed by atoms with E-state index < -0.39 is 22.5 Å². The van der Waals surface area contributed by atoms with Crippen LogP contribution < -0.4 is 10.1 Å². The van der Waals surface area contributed by atoms with Crippen LogP contribution in [0.3, 0.4) is 0 Å². The molecule has 0 radical (unpaired) electrons. The second-order valence-corrected chi connectivity index (χ2v) is 6.02. The summed E-state index contributed by atoms with van der Waals surface area (Å²) in [7, 11) is 0. The quantitative estimate of drug-likeness (QED) is 0.646. The number of hydrogen-bond acceptors (Lipinski definition) is 5. The zero-order valence-corrected chi connectivity index (χ0v) is 12.3. The normalized spacial score (nSPS) is 22.0. The number of aliphatic hydroxyl groups is 1. The van der Waals surface area contributed by atoms with E-state index >= 15 is 0 Å². The van der Waals surface area contributed by atoms with E-state index in [4.69, 9.17) is 4.74 Å². The second kappa shape index (κ2) is 5.24. The first-order valence-electron chi connectivity index (χ1n) is 7.38. The molecular formula is C15H18N2O5. The van der Waals surface area contributed by atoms with Crippen LogP contribution in [0.15, 0.2) is 12.1 Å². The summed E-state index contributed by atoms with van der Waals surface area (Å²) in [5, 5.41) is 24.3. The minimum atomic E-state index is -0.962. The van der Waals surface area contributed by atoms with Gasteiger partial charge in [0.15, 0.2) is 0 Å². The molecular weight excluding hydrogens is 288 g/mol. The average molecular weight is 306 g/mol. The first-order chi connectivity index (χ1) is 10.4. The summed E-state index contributed by atoms with van der Waals surface area (Å²) in [6.07, 6.45) is 3.17. The number of hydrogen-bond donors (Lipinski definition) is 2. The highest BCUT2D eigenvalue weighted by molar-refractivity contribution is 5.92. The number of nitro benzene ring substituents is 1. The molecule has 1 aromatic carbocycles. The number of carbonyl (C=O) groups excluding carboxylic acids is 1. The topological polar surface area (TPSA) is 102 Å². The molecule has 7 heteroatoms. The maximum absolute atomic E-state index is 11.4. The second-order valence-electron chi connectivity index (χ2n) is 6.02. The van der Waals surface area contributed by atoms with Gasteiger partial charge in [-0.1, -0.05) is 0 Å². The van der Waals surface area contributed by atoms with Crippen LogP contribution in [0.2, 0.25) is 0 Å². The van der Waals surface area contributed by atoms with Gasteiger partial charge >= 0.3 is 5.69 Å². The standard InChI is InChI=1S/C15H18N2O5/c1-9(18)16-10-4-5-12-13(14(10)17(20)21)11(19)8-15(22-12)6-2-3-7-15/h4-5,11,19H,2-3,6-8H2,1H3,(H,16,18). The number of fused-ring (bicyclic) bond motifs is 1. The molecule has 1 amide bonds. The van der Waals surface area contributed by atoms with Gasteiger partial charge in [-0.25, -0.2) is 0 Å². The van der Waals surface area contributed by atoms with Crippen LogP contribution in [0.4, 0.5) is 11.4 Å². The third-order valence-electron chi connectivity index (χ3n) is 4.41. The molecule has 2 N–H and O–H groups in total. The van der Waals surface area contributed by atoms with Crippen LogP contribution in [0.1, 0.15) is 50.7 Å². The van der Waals surface area contributed by atoms with Crippen LogP contribution in [0.5, 0.6) is 5.75 Å². The van der Waals surface area contributed by atoms with Gasteiger partial charge in [0.25, 0.3) is 0 Å². The summed E-state index contributed by atoms with van der Waals surface area (Å²) in [6, 6.07) is 3.05. The lowest BCUT2D eigenvalue weighted by atomic mass is 9.86. The molecule has 0 saturated heterocycles. The van der Waals surface area contributed by atoms with Crippen molar-refractivity contribution in [1.29, 1.82) is 0 Å². The van der Waals surface area contributed by atoms with Crippen molar-refractivity contribution in [2.24, 2.45) is 0 Å². The van der Waals surface area contributed by atoms with Gasteiger partial charge < -0.3 is 15.2 Å². The number of nitro groups is 1. The van der Waals surface area contributed by atoms with Crippen molar-refractivity contribution >= 4 is 17.3 Å². The Bertz CT molecular complexity index is 637. The van der Waals surface area contributed by atoms with E-state index in [9.17, 15) is 20.0 Å². The van der Waals surface area contributed by atoms with E-state index in [1.807, 2.05) is 0 Å². The van der Waals surface area contributed by atoms with Crippen LogP contribution >= 0.6 is 0 Å². The Hall–Kier alpha value is -2.15. The number of amides is 1. The number of nitrogens with one attached hydrogen (secondary N) is 1. The smallest absolute Gasteiger partial charge is 0.302 e. The van der Waals surface area contributed by atoms with Gasteiger partial charge in [-0.05, 0) is 37.8 Å². The van der Waals surface area contributed by atoms with Crippen LogP contribution in [-0.4, -0.2) is 21.5 Å². The number of rotatable bonds is 2. The molecule has 1 fully saturated rings. The largest absolute Gasteiger partial charge is 0.487 e. The van der Waals surface area contributed by atoms with Gasteiger partial charge in [-0.3, -0.25) is 14.9 Å². The maximum atomic E-state index is 11.4. The number of carbonyl (C=O) groups is 1. The number of aliphatic hydroxyl groups excluding tert-OH is 1. The molecule has 7 nitrogen and oxygen atoms in total. The fraction of sp³-hybridized carbons (Fsp3) is 0.533. The monoisotopic (exact) mass is 306 g/mol. The van der Waals surface area contributed by atoms with Crippen LogP contribution in [-0.2, 0) is 4.79 Å². The Balaban J connectivity index is 2.08. The zero-order chi connectivity index (χ0) is 15.9. The van der Waals surface area contributed by atoms with E-state index in [1.165, 1.54) is 13.0 Å². The van der Waals surface area contributed by atoms with Crippen molar-refractivity contribution < 1.29 is 19.6 Å². The third kappa shape index (κ3) is 2.41. The van der Waals surface area contributed by atoms with E-state index in [-0.39, 0.29) is 16.9 Å². The summed E-state index contributed by atoms with van der Waals surface area (Å²) in [5.41, 5.74) is -0.446. The number of benzene rings is 1. The van der Waals surface area contributed by atoms with Gasteiger partial charge in [0, 0.05) is 13.3 Å². The first kappa shape index (κ1) is 14.8. The van der Waals surface area contributed by atoms with Crippen LogP contribution in [0.25, 0.3) is 0 Å². The van der Waals surface area contributed by atoms with Crippen molar-refractivity contribution in [1.82, 2.24) is 0 Å². The highest BCUT2D eigenvalue weighted by Crippen LogP contribution is 2.51. The van der Waals surface area contributed by atoms with Crippen molar-refractivity contribution in [2.75, 3.05) is 5.32 Å². The lowest BCUT2D eigenvalue weighted by Gasteiger charge is -2.38. The molecule has 1 heterocycles. The predicted molar refractivity (Wildman–Crippen MR) is 78.8 cm³/mol. The fourth-order valence-electron chi connectivity index (χ4n) is 3.54. The summed E-state index contributed by atoms with van der Waals surface area (Å²) in [5.74, 6) is -0.0528. The Kier molecular flexibility index (Phi) is 3.52. The van der Waals surface area contributed by atoms with Crippen molar-refractivity contribution in [2.45, 2.75) is 50.7 Å².